The molecule has 5 heteroatoms. The number of ether oxygens (including phenoxy) is 1. The highest BCUT2D eigenvalue weighted by Gasteiger charge is 2.43. The first kappa shape index (κ1) is 29.1. The summed E-state index contributed by atoms with van der Waals surface area (Å²) >= 11 is 0. The van der Waals surface area contributed by atoms with Crippen molar-refractivity contribution < 1.29 is 24.5 Å². The number of carbonyl (C=O) groups is 2. The first-order valence-corrected chi connectivity index (χ1v) is 14.4. The van der Waals surface area contributed by atoms with Gasteiger partial charge in [-0.15, -0.1) is 0 Å². The molecule has 4 rings (SSSR count). The fourth-order valence-electron chi connectivity index (χ4n) is 5.28. The maximum absolute atomic E-state index is 11.4. The molecule has 1 atom stereocenters. The average molecular weight is 541 g/mol. The van der Waals surface area contributed by atoms with Crippen molar-refractivity contribution in [1.29, 1.82) is 0 Å². The predicted molar refractivity (Wildman–Crippen MR) is 159 cm³/mol. The van der Waals surface area contributed by atoms with Crippen molar-refractivity contribution in [2.24, 2.45) is 11.3 Å². The third-order valence-corrected chi connectivity index (χ3v) is 7.90. The summed E-state index contributed by atoms with van der Waals surface area (Å²) in [5.41, 5.74) is 3.70. The van der Waals surface area contributed by atoms with Crippen LogP contribution in [0.25, 0.3) is 6.08 Å². The molecule has 3 aromatic carbocycles. The summed E-state index contributed by atoms with van der Waals surface area (Å²) in [5.74, 6) is -0.580. The predicted octanol–water partition coefficient (Wildman–Crippen LogP) is 8.08. The molecule has 0 bridgehead atoms. The number of rotatable bonds is 17. The van der Waals surface area contributed by atoms with E-state index >= 15 is 0 Å². The monoisotopic (exact) mass is 540 g/mol. The van der Waals surface area contributed by atoms with Crippen LogP contribution in [-0.2, 0) is 17.6 Å². The molecule has 3 aromatic rings. The van der Waals surface area contributed by atoms with Gasteiger partial charge in [-0.25, -0.2) is 4.79 Å². The lowest BCUT2D eigenvalue weighted by Crippen LogP contribution is -2.11. The molecule has 2 N–H and O–H groups in total. The lowest BCUT2D eigenvalue weighted by Gasteiger charge is -2.18. The van der Waals surface area contributed by atoms with Gasteiger partial charge in [0.25, 0.3) is 0 Å². The van der Waals surface area contributed by atoms with Gasteiger partial charge < -0.3 is 14.9 Å². The van der Waals surface area contributed by atoms with Gasteiger partial charge in [-0.05, 0) is 98.4 Å². The highest BCUT2D eigenvalue weighted by molar-refractivity contribution is 5.87. The molecule has 0 aromatic heterocycles. The minimum Gasteiger partial charge on any atom is -0.493 e. The van der Waals surface area contributed by atoms with Crippen LogP contribution < -0.4 is 4.74 Å². The van der Waals surface area contributed by atoms with E-state index < -0.39 is 11.9 Å². The third kappa shape index (κ3) is 9.41. The van der Waals surface area contributed by atoms with Crippen LogP contribution in [0.5, 0.6) is 5.75 Å². The Hall–Kier alpha value is -3.86. The Balaban J connectivity index is 1.35. The molecule has 0 amide bonds. The number of aliphatic carboxylic acids is 1. The fraction of sp³-hybridized carbons (Fsp3) is 0.371. The zero-order valence-corrected chi connectivity index (χ0v) is 23.1. The second kappa shape index (κ2) is 14.5. The van der Waals surface area contributed by atoms with Gasteiger partial charge in [-0.2, -0.15) is 0 Å². The molecule has 1 aliphatic carbocycles. The molecular weight excluding hydrogens is 500 g/mol. The standard InChI is InChI=1S/C35H40O5/c36-33(37)26-35(22-23-35)21-20-29(25-28-15-18-31(19-16-28)34(38)39)14-17-30-12-6-7-13-32(30)40-24-8-2-5-11-27-9-3-1-4-10-27/h1,3-4,6-7,9-10,12-19,29H,2,5,8,11,20-26H2,(H,36,37)(H,38,39). The second-order valence-corrected chi connectivity index (χ2v) is 11.1. The van der Waals surface area contributed by atoms with Gasteiger partial charge in [-0.3, -0.25) is 4.79 Å². The van der Waals surface area contributed by atoms with Gasteiger partial charge in [0, 0.05) is 5.56 Å². The summed E-state index contributed by atoms with van der Waals surface area (Å²) in [4.78, 5) is 22.6. The van der Waals surface area contributed by atoms with E-state index in [2.05, 4.69) is 42.5 Å². The van der Waals surface area contributed by atoms with Gasteiger partial charge in [0.2, 0.25) is 0 Å². The van der Waals surface area contributed by atoms with Crippen molar-refractivity contribution in [3.63, 3.8) is 0 Å². The van der Waals surface area contributed by atoms with Crippen LogP contribution in [0.2, 0.25) is 0 Å². The van der Waals surface area contributed by atoms with Crippen LogP contribution in [0.15, 0.2) is 84.9 Å². The van der Waals surface area contributed by atoms with E-state index in [0.717, 1.165) is 74.7 Å². The number of carboxylic acid groups (broad SMARTS) is 2. The summed E-state index contributed by atoms with van der Waals surface area (Å²) in [5, 5.41) is 18.6. The van der Waals surface area contributed by atoms with E-state index in [9.17, 15) is 19.8 Å². The zero-order chi connectivity index (χ0) is 28.2. The van der Waals surface area contributed by atoms with Gasteiger partial charge in [0.1, 0.15) is 5.75 Å². The Morgan fingerprint density at radius 2 is 1.57 bits per heavy atom. The van der Waals surface area contributed by atoms with E-state index in [1.807, 2.05) is 36.4 Å². The van der Waals surface area contributed by atoms with Gasteiger partial charge in [0.15, 0.2) is 0 Å². The van der Waals surface area contributed by atoms with E-state index in [-0.39, 0.29) is 23.3 Å². The van der Waals surface area contributed by atoms with Crippen LogP contribution >= 0.6 is 0 Å². The van der Waals surface area contributed by atoms with Crippen LogP contribution in [0.4, 0.5) is 0 Å². The Bertz CT molecular complexity index is 1260. The highest BCUT2D eigenvalue weighted by atomic mass is 16.5. The summed E-state index contributed by atoms with van der Waals surface area (Å²) in [6, 6.07) is 25.7. The smallest absolute Gasteiger partial charge is 0.335 e. The molecule has 1 unspecified atom stereocenters. The molecule has 0 spiro atoms. The number of para-hydroxylation sites is 1. The third-order valence-electron chi connectivity index (χ3n) is 7.90. The summed E-state index contributed by atoms with van der Waals surface area (Å²) < 4.78 is 6.17. The Morgan fingerprint density at radius 1 is 0.850 bits per heavy atom. The Kier molecular flexibility index (Phi) is 10.6. The van der Waals surface area contributed by atoms with Crippen LogP contribution in [0.3, 0.4) is 0 Å². The number of unbranched alkanes of at least 4 members (excludes halogenated alkanes) is 2. The van der Waals surface area contributed by atoms with Gasteiger partial charge in [0.05, 0.1) is 18.6 Å². The average Bonchev–Trinajstić information content (AvgIpc) is 3.72. The zero-order valence-electron chi connectivity index (χ0n) is 23.1. The van der Waals surface area contributed by atoms with Crippen molar-refractivity contribution in [1.82, 2.24) is 0 Å². The molecule has 0 heterocycles. The van der Waals surface area contributed by atoms with Crippen molar-refractivity contribution in [2.75, 3.05) is 6.61 Å². The topological polar surface area (TPSA) is 83.8 Å². The number of aryl methyl sites for hydroxylation is 1. The normalized spacial score (nSPS) is 14.6. The molecule has 0 radical (unpaired) electrons. The molecule has 40 heavy (non-hydrogen) atoms. The number of aromatic carboxylic acids is 1. The molecule has 0 saturated heterocycles. The lowest BCUT2D eigenvalue weighted by atomic mass is 9.87. The molecule has 1 saturated carbocycles. The molecule has 0 aliphatic heterocycles. The second-order valence-electron chi connectivity index (χ2n) is 11.1. The minimum absolute atomic E-state index is 0.0629. The van der Waals surface area contributed by atoms with Crippen LogP contribution in [0, 0.1) is 11.3 Å². The molecule has 210 valence electrons. The first-order chi connectivity index (χ1) is 19.4. The summed E-state index contributed by atoms with van der Waals surface area (Å²) in [7, 11) is 0. The maximum atomic E-state index is 11.4. The SMILES string of the molecule is O=C(O)CC1(CCC(C=Cc2ccccc2OCCCCCc2ccccc2)Cc2ccc(C(=O)O)cc2)CC1. The molecular formula is C35H40O5. The number of hydrogen-bond donors (Lipinski definition) is 2. The number of allylic oxidation sites excluding steroid dienone is 1. The Labute approximate surface area is 237 Å². The number of benzene rings is 3. The van der Waals surface area contributed by atoms with Crippen molar-refractivity contribution in [2.45, 2.75) is 64.2 Å². The first-order valence-electron chi connectivity index (χ1n) is 14.4. The largest absolute Gasteiger partial charge is 0.493 e. The van der Waals surface area contributed by atoms with E-state index in [0.29, 0.717) is 6.61 Å². The molecule has 1 aliphatic rings. The quantitative estimate of drug-likeness (QED) is 0.169. The van der Waals surface area contributed by atoms with Crippen LogP contribution in [0.1, 0.15) is 78.4 Å². The minimum atomic E-state index is -0.930. The van der Waals surface area contributed by atoms with Crippen molar-refractivity contribution in [3.05, 3.63) is 107 Å². The van der Waals surface area contributed by atoms with Gasteiger partial charge >= 0.3 is 11.9 Å². The van der Waals surface area contributed by atoms with E-state index in [1.165, 1.54) is 5.56 Å². The van der Waals surface area contributed by atoms with Crippen molar-refractivity contribution in [3.8, 4) is 5.75 Å². The highest BCUT2D eigenvalue weighted by Crippen LogP contribution is 2.53. The molecule has 5 nitrogen and oxygen atoms in total. The fourth-order valence-corrected chi connectivity index (χ4v) is 5.28. The summed E-state index contributed by atoms with van der Waals surface area (Å²) in [6.07, 6.45) is 13.4. The lowest BCUT2D eigenvalue weighted by molar-refractivity contribution is -0.138. The number of hydrogen-bond acceptors (Lipinski definition) is 3. The van der Waals surface area contributed by atoms with Crippen LogP contribution in [-0.4, -0.2) is 28.8 Å². The van der Waals surface area contributed by atoms with Gasteiger partial charge in [-0.1, -0.05) is 72.8 Å². The maximum Gasteiger partial charge on any atom is 0.335 e. The molecule has 1 fully saturated rings. The number of carboxylic acids is 2. The Morgan fingerprint density at radius 3 is 2.27 bits per heavy atom. The van der Waals surface area contributed by atoms with E-state index in [4.69, 9.17) is 4.74 Å². The van der Waals surface area contributed by atoms with Crippen molar-refractivity contribution >= 4 is 18.0 Å². The summed E-state index contributed by atoms with van der Waals surface area (Å²) in [6.45, 7) is 0.677. The van der Waals surface area contributed by atoms with E-state index in [1.54, 1.807) is 12.1 Å².